The average molecular weight is 509 g/mol. The van der Waals surface area contributed by atoms with Crippen LogP contribution in [0.3, 0.4) is 0 Å². The first-order chi connectivity index (χ1) is 12.7. The summed E-state index contributed by atoms with van der Waals surface area (Å²) in [4.78, 5) is 11.4. The molecule has 3 heterocycles. The third-order valence-corrected chi connectivity index (χ3v) is 5.62. The lowest BCUT2D eigenvalue weighted by Gasteiger charge is -2.19. The molecule has 0 radical (unpaired) electrons. The molecule has 0 spiro atoms. The summed E-state index contributed by atoms with van der Waals surface area (Å²) in [6.45, 7) is 7.39. The van der Waals surface area contributed by atoms with Gasteiger partial charge in [-0.05, 0) is 26.2 Å². The van der Waals surface area contributed by atoms with Crippen LogP contribution in [0.2, 0.25) is 0 Å². The second kappa shape index (κ2) is 12.0. The van der Waals surface area contributed by atoms with Gasteiger partial charge in [0.1, 0.15) is 0 Å². The maximum absolute atomic E-state index is 5.85. The van der Waals surface area contributed by atoms with Gasteiger partial charge in [-0.15, -0.1) is 35.3 Å². The molecule has 0 bridgehead atoms. The van der Waals surface area contributed by atoms with Crippen molar-refractivity contribution in [2.75, 3.05) is 51.4 Å². The molecular formula is C18H32IN5O2S. The van der Waals surface area contributed by atoms with E-state index in [1.807, 2.05) is 0 Å². The molecule has 9 heteroatoms. The highest BCUT2D eigenvalue weighted by Gasteiger charge is 2.18. The van der Waals surface area contributed by atoms with E-state index in [1.54, 1.807) is 18.4 Å². The molecule has 0 aromatic carbocycles. The first-order valence-corrected chi connectivity index (χ1v) is 10.5. The van der Waals surface area contributed by atoms with Crippen LogP contribution in [0, 0.1) is 0 Å². The second-order valence-electron chi connectivity index (χ2n) is 6.93. The van der Waals surface area contributed by atoms with Gasteiger partial charge in [0.2, 0.25) is 0 Å². The summed E-state index contributed by atoms with van der Waals surface area (Å²) in [5.41, 5.74) is 1.15. The van der Waals surface area contributed by atoms with Crippen molar-refractivity contribution in [3.8, 4) is 0 Å². The van der Waals surface area contributed by atoms with E-state index >= 15 is 0 Å². The van der Waals surface area contributed by atoms with Gasteiger partial charge in [-0.1, -0.05) is 0 Å². The Kier molecular flexibility index (Phi) is 10.1. The second-order valence-corrected chi connectivity index (χ2v) is 7.77. The van der Waals surface area contributed by atoms with E-state index in [0.29, 0.717) is 13.2 Å². The molecule has 154 valence electrons. The number of ether oxygens (including phenoxy) is 2. The number of nitrogens with one attached hydrogen (secondary N) is 2. The number of halogens is 1. The molecule has 2 fully saturated rings. The largest absolute Gasteiger partial charge is 0.379 e. The summed E-state index contributed by atoms with van der Waals surface area (Å²) in [5, 5.41) is 10.1. The normalized spacial score (nSPS) is 21.2. The van der Waals surface area contributed by atoms with E-state index in [2.05, 4.69) is 32.8 Å². The number of nitrogens with zero attached hydrogens (tertiary/aromatic N) is 3. The molecule has 0 amide bonds. The lowest BCUT2D eigenvalue weighted by Crippen LogP contribution is -2.45. The van der Waals surface area contributed by atoms with Gasteiger partial charge in [0.25, 0.3) is 0 Å². The lowest BCUT2D eigenvalue weighted by molar-refractivity contribution is 0.0347. The number of thiazole rings is 1. The summed E-state index contributed by atoms with van der Waals surface area (Å²) in [5.74, 6) is 0.804. The number of aromatic nitrogens is 1. The molecule has 7 nitrogen and oxygen atoms in total. The Morgan fingerprint density at radius 1 is 1.48 bits per heavy atom. The zero-order valence-electron chi connectivity index (χ0n) is 16.3. The monoisotopic (exact) mass is 509 g/mol. The van der Waals surface area contributed by atoms with Crippen molar-refractivity contribution in [3.63, 3.8) is 0 Å². The summed E-state index contributed by atoms with van der Waals surface area (Å²) >= 11 is 1.76. The number of hydrogen-bond acceptors (Lipinski definition) is 6. The molecule has 2 unspecified atom stereocenters. The van der Waals surface area contributed by atoms with Crippen LogP contribution in [0.5, 0.6) is 0 Å². The van der Waals surface area contributed by atoms with E-state index in [-0.39, 0.29) is 36.1 Å². The maximum Gasteiger partial charge on any atom is 0.191 e. The molecule has 27 heavy (non-hydrogen) atoms. The van der Waals surface area contributed by atoms with Crippen LogP contribution in [0.4, 0.5) is 5.13 Å². The number of anilines is 1. The van der Waals surface area contributed by atoms with E-state index in [0.717, 1.165) is 50.7 Å². The first-order valence-electron chi connectivity index (χ1n) is 9.60. The fraction of sp³-hybridized carbons (Fsp3) is 0.778. The summed E-state index contributed by atoms with van der Waals surface area (Å²) in [6.07, 6.45) is 4.70. The predicted octanol–water partition coefficient (Wildman–Crippen LogP) is 2.26. The van der Waals surface area contributed by atoms with Gasteiger partial charge in [-0.25, -0.2) is 4.98 Å². The van der Waals surface area contributed by atoms with Gasteiger partial charge >= 0.3 is 0 Å². The SMILES string of the molecule is CN=C(NCCc1csc(N2CCCC2)n1)NC(C)COC1CCOC1.I. The lowest BCUT2D eigenvalue weighted by atomic mass is 10.3. The van der Waals surface area contributed by atoms with Crippen molar-refractivity contribution >= 4 is 46.4 Å². The Balaban J connectivity index is 0.00000261. The minimum Gasteiger partial charge on any atom is -0.379 e. The van der Waals surface area contributed by atoms with E-state index in [1.165, 1.54) is 18.0 Å². The van der Waals surface area contributed by atoms with Crippen LogP contribution in [0.1, 0.15) is 31.9 Å². The molecule has 2 aliphatic heterocycles. The molecule has 2 N–H and O–H groups in total. The quantitative estimate of drug-likeness (QED) is 0.319. The standard InChI is InChI=1S/C18H31N5O2S.HI/c1-14(11-25-16-6-10-24-12-16)21-17(19-2)20-7-5-15-13-26-18(22-15)23-8-3-4-9-23;/h13-14,16H,3-12H2,1-2H3,(H2,19,20,21);1H. The highest BCUT2D eigenvalue weighted by atomic mass is 127. The minimum absolute atomic E-state index is 0. The molecular weight excluding hydrogens is 477 g/mol. The van der Waals surface area contributed by atoms with Gasteiger partial charge in [0, 0.05) is 51.1 Å². The van der Waals surface area contributed by atoms with Crippen LogP contribution < -0.4 is 15.5 Å². The highest BCUT2D eigenvalue weighted by molar-refractivity contribution is 14.0. The molecule has 1 aromatic rings. The Hall–Kier alpha value is -0.650. The van der Waals surface area contributed by atoms with Gasteiger partial charge in [0.15, 0.2) is 11.1 Å². The van der Waals surface area contributed by atoms with Crippen LogP contribution in [0.25, 0.3) is 0 Å². The number of aliphatic imine (C=N–C) groups is 1. The van der Waals surface area contributed by atoms with Crippen LogP contribution >= 0.6 is 35.3 Å². The smallest absolute Gasteiger partial charge is 0.191 e. The van der Waals surface area contributed by atoms with Gasteiger partial charge < -0.3 is 25.0 Å². The summed E-state index contributed by atoms with van der Waals surface area (Å²) in [6, 6.07) is 0.197. The first kappa shape index (κ1) is 22.6. The topological polar surface area (TPSA) is 71.0 Å². The van der Waals surface area contributed by atoms with Crippen molar-refractivity contribution in [2.24, 2.45) is 4.99 Å². The summed E-state index contributed by atoms with van der Waals surface area (Å²) < 4.78 is 11.2. The Morgan fingerprint density at radius 3 is 3.00 bits per heavy atom. The number of rotatable bonds is 8. The molecule has 3 rings (SSSR count). The fourth-order valence-electron chi connectivity index (χ4n) is 3.17. The van der Waals surface area contributed by atoms with Gasteiger partial charge in [-0.2, -0.15) is 0 Å². The van der Waals surface area contributed by atoms with Crippen molar-refractivity contribution in [1.82, 2.24) is 15.6 Å². The van der Waals surface area contributed by atoms with Crippen molar-refractivity contribution in [3.05, 3.63) is 11.1 Å². The zero-order chi connectivity index (χ0) is 18.2. The molecule has 2 atom stereocenters. The summed E-state index contributed by atoms with van der Waals surface area (Å²) in [7, 11) is 1.79. The van der Waals surface area contributed by atoms with Crippen molar-refractivity contribution in [2.45, 2.75) is 44.8 Å². The molecule has 0 saturated carbocycles. The molecule has 2 saturated heterocycles. The van der Waals surface area contributed by atoms with E-state index in [4.69, 9.17) is 14.5 Å². The molecule has 1 aromatic heterocycles. The molecule has 0 aliphatic carbocycles. The Labute approximate surface area is 183 Å². The predicted molar refractivity (Wildman–Crippen MR) is 122 cm³/mol. The van der Waals surface area contributed by atoms with Crippen molar-refractivity contribution in [1.29, 1.82) is 0 Å². The Morgan fingerprint density at radius 2 is 2.30 bits per heavy atom. The van der Waals surface area contributed by atoms with Gasteiger partial charge in [-0.3, -0.25) is 4.99 Å². The van der Waals surface area contributed by atoms with Crippen LogP contribution in [0.15, 0.2) is 10.4 Å². The van der Waals surface area contributed by atoms with E-state index < -0.39 is 0 Å². The number of guanidine groups is 1. The maximum atomic E-state index is 5.85. The van der Waals surface area contributed by atoms with Crippen LogP contribution in [-0.4, -0.2) is 69.6 Å². The fourth-order valence-corrected chi connectivity index (χ4v) is 4.08. The Bertz CT molecular complexity index is 574. The third kappa shape index (κ3) is 7.35. The van der Waals surface area contributed by atoms with Gasteiger partial charge in [0.05, 0.1) is 25.0 Å². The minimum atomic E-state index is 0. The zero-order valence-corrected chi connectivity index (χ0v) is 19.4. The van der Waals surface area contributed by atoms with E-state index in [9.17, 15) is 0 Å². The highest BCUT2D eigenvalue weighted by Crippen LogP contribution is 2.24. The third-order valence-electron chi connectivity index (χ3n) is 4.67. The van der Waals surface area contributed by atoms with Crippen molar-refractivity contribution < 1.29 is 9.47 Å². The van der Waals surface area contributed by atoms with Crippen LogP contribution in [-0.2, 0) is 15.9 Å². The average Bonchev–Trinajstić information content (AvgIpc) is 3.41. The number of hydrogen-bond donors (Lipinski definition) is 2. The molecule has 2 aliphatic rings.